The van der Waals surface area contributed by atoms with E-state index in [1.807, 2.05) is 0 Å². The van der Waals surface area contributed by atoms with E-state index in [9.17, 15) is 0 Å². The monoisotopic (exact) mass is 253 g/mol. The van der Waals surface area contributed by atoms with Crippen LogP contribution in [0.4, 0.5) is 0 Å². The maximum absolute atomic E-state index is 6.04. The van der Waals surface area contributed by atoms with Crippen molar-refractivity contribution in [2.75, 3.05) is 32.7 Å². The first-order valence-electron chi connectivity index (χ1n) is 7.80. The van der Waals surface area contributed by atoms with E-state index >= 15 is 0 Å². The molecule has 0 saturated carbocycles. The minimum Gasteiger partial charge on any atom is -0.326 e. The van der Waals surface area contributed by atoms with Gasteiger partial charge in [-0.25, -0.2) is 0 Å². The van der Waals surface area contributed by atoms with E-state index in [-0.39, 0.29) is 5.54 Å². The zero-order valence-electron chi connectivity index (χ0n) is 12.3. The molecule has 3 nitrogen and oxygen atoms in total. The maximum Gasteiger partial charge on any atom is 0.0235 e. The first-order chi connectivity index (χ1) is 8.54. The summed E-state index contributed by atoms with van der Waals surface area (Å²) in [4.78, 5) is 5.38. The fourth-order valence-corrected chi connectivity index (χ4v) is 3.36. The van der Waals surface area contributed by atoms with Crippen LogP contribution in [0.3, 0.4) is 0 Å². The van der Waals surface area contributed by atoms with Crippen molar-refractivity contribution in [1.29, 1.82) is 0 Å². The van der Waals surface area contributed by atoms with Crippen LogP contribution in [0.5, 0.6) is 0 Å². The number of piperidine rings is 1. The van der Waals surface area contributed by atoms with Crippen molar-refractivity contribution in [3.63, 3.8) is 0 Å². The molecule has 0 aliphatic carbocycles. The minimum atomic E-state index is 0.00595. The predicted octanol–water partition coefficient (Wildman–Crippen LogP) is 2.06. The van der Waals surface area contributed by atoms with Gasteiger partial charge in [0.1, 0.15) is 0 Å². The molecule has 0 radical (unpaired) electrons. The zero-order valence-corrected chi connectivity index (χ0v) is 12.3. The Labute approximate surface area is 113 Å². The molecule has 0 bridgehead atoms. The van der Waals surface area contributed by atoms with Gasteiger partial charge < -0.3 is 10.6 Å². The smallest absolute Gasteiger partial charge is 0.0235 e. The molecular formula is C15H31N3. The Bertz CT molecular complexity index is 241. The van der Waals surface area contributed by atoms with Crippen molar-refractivity contribution in [3.05, 3.63) is 0 Å². The number of hydrogen-bond donors (Lipinski definition) is 1. The van der Waals surface area contributed by atoms with E-state index in [4.69, 9.17) is 5.73 Å². The molecule has 2 aliphatic heterocycles. The lowest BCUT2D eigenvalue weighted by Crippen LogP contribution is -2.41. The molecule has 3 heteroatoms. The summed E-state index contributed by atoms with van der Waals surface area (Å²) in [6.07, 6.45) is 8.04. The Hall–Kier alpha value is -0.120. The molecule has 2 N–H and O–H groups in total. The summed E-state index contributed by atoms with van der Waals surface area (Å²) in [6, 6.07) is 0.844. The molecule has 0 aromatic rings. The van der Waals surface area contributed by atoms with Crippen LogP contribution in [0.1, 0.15) is 52.4 Å². The van der Waals surface area contributed by atoms with Gasteiger partial charge in [0.2, 0.25) is 0 Å². The summed E-state index contributed by atoms with van der Waals surface area (Å²) >= 11 is 0. The lowest BCUT2D eigenvalue weighted by Gasteiger charge is -2.32. The van der Waals surface area contributed by atoms with Crippen LogP contribution in [0.15, 0.2) is 0 Å². The molecule has 0 aromatic heterocycles. The molecule has 2 aliphatic rings. The van der Waals surface area contributed by atoms with Crippen molar-refractivity contribution in [2.45, 2.75) is 64.0 Å². The topological polar surface area (TPSA) is 32.5 Å². The largest absolute Gasteiger partial charge is 0.326 e. The molecule has 2 saturated heterocycles. The molecular weight excluding hydrogens is 222 g/mol. The average molecular weight is 253 g/mol. The fraction of sp³-hybridized carbons (Fsp3) is 1.00. The molecule has 2 heterocycles. The highest BCUT2D eigenvalue weighted by Crippen LogP contribution is 2.20. The van der Waals surface area contributed by atoms with E-state index in [2.05, 4.69) is 23.6 Å². The first-order valence-corrected chi connectivity index (χ1v) is 7.80. The molecule has 18 heavy (non-hydrogen) atoms. The molecule has 2 rings (SSSR count). The van der Waals surface area contributed by atoms with E-state index in [0.717, 1.165) is 12.5 Å². The van der Waals surface area contributed by atoms with Crippen molar-refractivity contribution < 1.29 is 0 Å². The molecule has 0 aromatic carbocycles. The van der Waals surface area contributed by atoms with Gasteiger partial charge in [-0.2, -0.15) is 0 Å². The maximum atomic E-state index is 6.04. The van der Waals surface area contributed by atoms with Crippen LogP contribution in [0.25, 0.3) is 0 Å². The molecule has 2 fully saturated rings. The molecule has 1 atom stereocenters. The Kier molecular flexibility index (Phi) is 5.05. The van der Waals surface area contributed by atoms with E-state index in [1.165, 1.54) is 64.8 Å². The third-order valence-electron chi connectivity index (χ3n) is 4.45. The number of likely N-dealkylation sites (tertiary alicyclic amines) is 2. The second-order valence-corrected chi connectivity index (χ2v) is 6.93. The first kappa shape index (κ1) is 14.3. The molecule has 1 unspecified atom stereocenters. The molecule has 106 valence electrons. The third kappa shape index (κ3) is 4.52. The van der Waals surface area contributed by atoms with Gasteiger partial charge in [0, 0.05) is 18.1 Å². The van der Waals surface area contributed by atoms with Gasteiger partial charge in [-0.3, -0.25) is 4.90 Å². The summed E-state index contributed by atoms with van der Waals surface area (Å²) < 4.78 is 0. The van der Waals surface area contributed by atoms with Gasteiger partial charge in [-0.15, -0.1) is 0 Å². The second kappa shape index (κ2) is 6.36. The predicted molar refractivity (Wildman–Crippen MR) is 77.8 cm³/mol. The lowest BCUT2D eigenvalue weighted by molar-refractivity contribution is 0.161. The summed E-state index contributed by atoms with van der Waals surface area (Å²) in [5.41, 5.74) is 6.04. The van der Waals surface area contributed by atoms with Gasteiger partial charge in [0.25, 0.3) is 0 Å². The summed E-state index contributed by atoms with van der Waals surface area (Å²) in [7, 11) is 0. The van der Waals surface area contributed by atoms with Gasteiger partial charge in [0.05, 0.1) is 0 Å². The summed E-state index contributed by atoms with van der Waals surface area (Å²) in [6.45, 7) is 10.8. The molecule has 0 spiro atoms. The standard InChI is InChI=1S/C15H31N3/c1-15(2,16)8-6-9-17-12-7-14(13-17)18-10-4-3-5-11-18/h14H,3-13,16H2,1-2H3. The SMILES string of the molecule is CC(C)(N)CCCN1CCC(N2CCCCC2)C1. The van der Waals surface area contributed by atoms with Crippen LogP contribution >= 0.6 is 0 Å². The minimum absolute atomic E-state index is 0.00595. The lowest BCUT2D eigenvalue weighted by atomic mass is 10.0. The van der Waals surface area contributed by atoms with Gasteiger partial charge in [-0.05, 0) is 72.1 Å². The average Bonchev–Trinajstić information content (AvgIpc) is 2.77. The van der Waals surface area contributed by atoms with E-state index < -0.39 is 0 Å². The fourth-order valence-electron chi connectivity index (χ4n) is 3.36. The van der Waals surface area contributed by atoms with Gasteiger partial charge >= 0.3 is 0 Å². The normalized spacial score (nSPS) is 27.8. The number of nitrogens with zero attached hydrogens (tertiary/aromatic N) is 2. The van der Waals surface area contributed by atoms with Crippen molar-refractivity contribution >= 4 is 0 Å². The van der Waals surface area contributed by atoms with Crippen LogP contribution in [0, 0.1) is 0 Å². The molecule has 0 amide bonds. The summed E-state index contributed by atoms with van der Waals surface area (Å²) in [5, 5.41) is 0. The van der Waals surface area contributed by atoms with Crippen LogP contribution in [0.2, 0.25) is 0 Å². The number of nitrogens with two attached hydrogens (primary N) is 1. The van der Waals surface area contributed by atoms with Crippen LogP contribution < -0.4 is 5.73 Å². The number of hydrogen-bond acceptors (Lipinski definition) is 3. The van der Waals surface area contributed by atoms with Crippen molar-refractivity contribution in [1.82, 2.24) is 9.80 Å². The van der Waals surface area contributed by atoms with Crippen molar-refractivity contribution in [2.24, 2.45) is 5.73 Å². The van der Waals surface area contributed by atoms with Crippen LogP contribution in [-0.4, -0.2) is 54.1 Å². The van der Waals surface area contributed by atoms with Crippen LogP contribution in [-0.2, 0) is 0 Å². The Morgan fingerprint density at radius 2 is 1.83 bits per heavy atom. The Morgan fingerprint density at radius 3 is 2.50 bits per heavy atom. The third-order valence-corrected chi connectivity index (χ3v) is 4.45. The Morgan fingerprint density at radius 1 is 1.11 bits per heavy atom. The highest BCUT2D eigenvalue weighted by molar-refractivity contribution is 4.85. The van der Waals surface area contributed by atoms with Crippen molar-refractivity contribution in [3.8, 4) is 0 Å². The highest BCUT2D eigenvalue weighted by Gasteiger charge is 2.28. The van der Waals surface area contributed by atoms with Gasteiger partial charge in [-0.1, -0.05) is 6.42 Å². The highest BCUT2D eigenvalue weighted by atomic mass is 15.3. The quantitative estimate of drug-likeness (QED) is 0.814. The Balaban J connectivity index is 1.65. The number of rotatable bonds is 5. The zero-order chi connectivity index (χ0) is 13.0. The van der Waals surface area contributed by atoms with Gasteiger partial charge in [0.15, 0.2) is 0 Å². The summed E-state index contributed by atoms with van der Waals surface area (Å²) in [5.74, 6) is 0. The van der Waals surface area contributed by atoms with E-state index in [1.54, 1.807) is 0 Å². The second-order valence-electron chi connectivity index (χ2n) is 6.93. The van der Waals surface area contributed by atoms with E-state index in [0.29, 0.717) is 0 Å².